The SMILES string of the molecule is Cc1cnc(CNCc2cccc(F)c2O)s1. The molecule has 0 saturated heterocycles. The number of rotatable bonds is 4. The van der Waals surface area contributed by atoms with Gasteiger partial charge in [0.05, 0.1) is 0 Å². The van der Waals surface area contributed by atoms with Crippen LogP contribution in [-0.2, 0) is 13.1 Å². The number of aromatic hydroxyl groups is 1. The molecule has 2 aromatic rings. The van der Waals surface area contributed by atoms with E-state index in [-0.39, 0.29) is 5.75 Å². The minimum atomic E-state index is -0.589. The fourth-order valence-corrected chi connectivity index (χ4v) is 2.25. The van der Waals surface area contributed by atoms with Gasteiger partial charge in [-0.2, -0.15) is 0 Å². The smallest absolute Gasteiger partial charge is 0.165 e. The van der Waals surface area contributed by atoms with Crippen LogP contribution < -0.4 is 5.32 Å². The van der Waals surface area contributed by atoms with Crippen LogP contribution >= 0.6 is 11.3 Å². The molecule has 0 spiro atoms. The zero-order valence-corrected chi connectivity index (χ0v) is 10.2. The predicted octanol–water partition coefficient (Wildman–Crippen LogP) is 2.59. The Labute approximate surface area is 103 Å². The van der Waals surface area contributed by atoms with Crippen LogP contribution in [0.25, 0.3) is 0 Å². The molecule has 2 N–H and O–H groups in total. The van der Waals surface area contributed by atoms with Crippen molar-refractivity contribution in [2.24, 2.45) is 0 Å². The minimum absolute atomic E-state index is 0.282. The third-order valence-electron chi connectivity index (χ3n) is 2.33. The molecule has 0 unspecified atom stereocenters. The molecule has 1 heterocycles. The van der Waals surface area contributed by atoms with E-state index in [4.69, 9.17) is 0 Å². The van der Waals surface area contributed by atoms with Gasteiger partial charge in [-0.05, 0) is 13.0 Å². The Morgan fingerprint density at radius 3 is 2.94 bits per heavy atom. The van der Waals surface area contributed by atoms with Gasteiger partial charge in [0, 0.05) is 29.7 Å². The number of nitrogens with one attached hydrogen (secondary N) is 1. The number of aromatic nitrogens is 1. The first-order chi connectivity index (χ1) is 8.16. The molecule has 0 aliphatic heterocycles. The van der Waals surface area contributed by atoms with Crippen LogP contribution in [-0.4, -0.2) is 10.1 Å². The van der Waals surface area contributed by atoms with Crippen LogP contribution in [0.15, 0.2) is 24.4 Å². The van der Waals surface area contributed by atoms with Crippen LogP contribution in [0.5, 0.6) is 5.75 Å². The van der Waals surface area contributed by atoms with Crippen molar-refractivity contribution in [1.29, 1.82) is 0 Å². The summed E-state index contributed by atoms with van der Waals surface area (Å²) in [6, 6.07) is 4.52. The van der Waals surface area contributed by atoms with Crippen LogP contribution in [0.2, 0.25) is 0 Å². The van der Waals surface area contributed by atoms with Gasteiger partial charge < -0.3 is 10.4 Å². The molecule has 3 nitrogen and oxygen atoms in total. The normalized spacial score (nSPS) is 10.7. The van der Waals surface area contributed by atoms with Crippen molar-refractivity contribution in [3.8, 4) is 5.75 Å². The lowest BCUT2D eigenvalue weighted by Gasteiger charge is -2.05. The number of phenols is 1. The number of nitrogens with zero attached hydrogens (tertiary/aromatic N) is 1. The molecule has 0 atom stereocenters. The highest BCUT2D eigenvalue weighted by molar-refractivity contribution is 7.11. The molecule has 0 aliphatic rings. The van der Waals surface area contributed by atoms with E-state index in [2.05, 4.69) is 10.3 Å². The molecule has 17 heavy (non-hydrogen) atoms. The van der Waals surface area contributed by atoms with E-state index in [0.717, 1.165) is 9.88 Å². The average Bonchev–Trinajstić information content (AvgIpc) is 2.70. The maximum absolute atomic E-state index is 13.0. The van der Waals surface area contributed by atoms with Crippen LogP contribution in [0.4, 0.5) is 4.39 Å². The molecular weight excluding hydrogens is 239 g/mol. The van der Waals surface area contributed by atoms with Crippen LogP contribution in [0.1, 0.15) is 15.4 Å². The maximum atomic E-state index is 13.0. The van der Waals surface area contributed by atoms with Gasteiger partial charge in [0.1, 0.15) is 5.01 Å². The van der Waals surface area contributed by atoms with Gasteiger partial charge in [0.25, 0.3) is 0 Å². The summed E-state index contributed by atoms with van der Waals surface area (Å²) in [6.07, 6.45) is 1.82. The summed E-state index contributed by atoms with van der Waals surface area (Å²) < 4.78 is 13.0. The summed E-state index contributed by atoms with van der Waals surface area (Å²) in [5.74, 6) is -0.871. The van der Waals surface area contributed by atoms with E-state index in [1.54, 1.807) is 23.5 Å². The number of para-hydroxylation sites is 1. The molecule has 0 fully saturated rings. The second-order valence-electron chi connectivity index (χ2n) is 3.72. The van der Waals surface area contributed by atoms with E-state index in [1.807, 2.05) is 13.1 Å². The molecule has 1 aromatic carbocycles. The quantitative estimate of drug-likeness (QED) is 0.879. The van der Waals surface area contributed by atoms with Gasteiger partial charge in [0.15, 0.2) is 11.6 Å². The Balaban J connectivity index is 1.92. The number of benzene rings is 1. The zero-order valence-electron chi connectivity index (χ0n) is 9.40. The monoisotopic (exact) mass is 252 g/mol. The number of hydrogen-bond donors (Lipinski definition) is 2. The highest BCUT2D eigenvalue weighted by Crippen LogP contribution is 2.20. The number of phenolic OH excluding ortho intramolecular Hbond substituents is 1. The van der Waals surface area contributed by atoms with Gasteiger partial charge >= 0.3 is 0 Å². The molecule has 0 radical (unpaired) electrons. The predicted molar refractivity (Wildman–Crippen MR) is 65.5 cm³/mol. The first-order valence-electron chi connectivity index (χ1n) is 5.25. The summed E-state index contributed by atoms with van der Waals surface area (Å²) in [7, 11) is 0. The molecule has 2 rings (SSSR count). The summed E-state index contributed by atoms with van der Waals surface area (Å²) in [5, 5.41) is 13.6. The van der Waals surface area contributed by atoms with E-state index in [9.17, 15) is 9.50 Å². The van der Waals surface area contributed by atoms with Crippen molar-refractivity contribution < 1.29 is 9.50 Å². The Morgan fingerprint density at radius 1 is 1.41 bits per heavy atom. The Hall–Kier alpha value is -1.46. The summed E-state index contributed by atoms with van der Waals surface area (Å²) in [6.45, 7) is 3.04. The summed E-state index contributed by atoms with van der Waals surface area (Å²) in [4.78, 5) is 5.37. The zero-order chi connectivity index (χ0) is 12.3. The topological polar surface area (TPSA) is 45.2 Å². The van der Waals surface area contributed by atoms with E-state index in [0.29, 0.717) is 18.7 Å². The van der Waals surface area contributed by atoms with Gasteiger partial charge in [0.2, 0.25) is 0 Å². The molecule has 0 amide bonds. The van der Waals surface area contributed by atoms with Crippen molar-refractivity contribution in [3.63, 3.8) is 0 Å². The number of aryl methyl sites for hydroxylation is 1. The largest absolute Gasteiger partial charge is 0.505 e. The van der Waals surface area contributed by atoms with Crippen molar-refractivity contribution in [3.05, 3.63) is 45.7 Å². The fourth-order valence-electron chi connectivity index (χ4n) is 1.49. The third kappa shape index (κ3) is 3.01. The van der Waals surface area contributed by atoms with Gasteiger partial charge in [-0.3, -0.25) is 0 Å². The Bertz CT molecular complexity index is 513. The summed E-state index contributed by atoms with van der Waals surface area (Å²) >= 11 is 1.62. The van der Waals surface area contributed by atoms with Gasteiger partial charge in [-0.1, -0.05) is 12.1 Å². The van der Waals surface area contributed by atoms with Crippen LogP contribution in [0.3, 0.4) is 0 Å². The van der Waals surface area contributed by atoms with Gasteiger partial charge in [-0.25, -0.2) is 9.37 Å². The number of thiazole rings is 1. The molecule has 0 aliphatic carbocycles. The molecular formula is C12H13FN2OS. The third-order valence-corrected chi connectivity index (χ3v) is 3.24. The average molecular weight is 252 g/mol. The maximum Gasteiger partial charge on any atom is 0.165 e. The van der Waals surface area contributed by atoms with Crippen molar-refractivity contribution in [1.82, 2.24) is 10.3 Å². The molecule has 0 saturated carbocycles. The Kier molecular flexibility index (Phi) is 3.71. The van der Waals surface area contributed by atoms with E-state index in [1.165, 1.54) is 6.07 Å². The second-order valence-corrected chi connectivity index (χ2v) is 5.04. The standard InChI is InChI=1S/C12H13FN2OS/c1-8-5-15-11(17-8)7-14-6-9-3-2-4-10(13)12(9)16/h2-5,14,16H,6-7H2,1H3. The molecule has 90 valence electrons. The lowest BCUT2D eigenvalue weighted by molar-refractivity contribution is 0.423. The van der Waals surface area contributed by atoms with Crippen molar-refractivity contribution in [2.45, 2.75) is 20.0 Å². The van der Waals surface area contributed by atoms with E-state index >= 15 is 0 Å². The highest BCUT2D eigenvalue weighted by Gasteiger charge is 2.06. The molecule has 0 bridgehead atoms. The fraction of sp³-hybridized carbons (Fsp3) is 0.250. The first kappa shape index (κ1) is 12.0. The summed E-state index contributed by atoms with van der Waals surface area (Å²) in [5.41, 5.74) is 0.554. The minimum Gasteiger partial charge on any atom is -0.505 e. The second kappa shape index (κ2) is 5.25. The van der Waals surface area contributed by atoms with Gasteiger partial charge in [-0.15, -0.1) is 11.3 Å². The number of halogens is 1. The van der Waals surface area contributed by atoms with Crippen molar-refractivity contribution >= 4 is 11.3 Å². The van der Waals surface area contributed by atoms with Crippen LogP contribution in [0, 0.1) is 12.7 Å². The number of hydrogen-bond acceptors (Lipinski definition) is 4. The lowest BCUT2D eigenvalue weighted by Crippen LogP contribution is -2.12. The Morgan fingerprint density at radius 2 is 2.24 bits per heavy atom. The van der Waals surface area contributed by atoms with E-state index < -0.39 is 5.82 Å². The van der Waals surface area contributed by atoms with Crippen molar-refractivity contribution in [2.75, 3.05) is 0 Å². The first-order valence-corrected chi connectivity index (χ1v) is 6.07. The lowest BCUT2D eigenvalue weighted by atomic mass is 10.2. The molecule has 5 heteroatoms. The molecule has 1 aromatic heterocycles. The highest BCUT2D eigenvalue weighted by atomic mass is 32.1.